The van der Waals surface area contributed by atoms with E-state index in [-0.39, 0.29) is 17.9 Å². The van der Waals surface area contributed by atoms with Crippen molar-refractivity contribution in [3.8, 4) is 0 Å². The minimum Gasteiger partial charge on any atom is -0.481 e. The van der Waals surface area contributed by atoms with Gasteiger partial charge in [-0.1, -0.05) is 0 Å². The molecule has 5 rings (SSSR count). The molecule has 0 aliphatic heterocycles. The fourth-order valence-electron chi connectivity index (χ4n) is 4.70. The van der Waals surface area contributed by atoms with E-state index in [1.165, 1.54) is 0 Å². The van der Waals surface area contributed by atoms with Crippen molar-refractivity contribution in [2.75, 3.05) is 5.32 Å². The third-order valence-electron chi connectivity index (χ3n) is 5.91. The number of nitrogens with zero attached hydrogens (tertiary/aromatic N) is 3. The Bertz CT molecular complexity index is 811. The summed E-state index contributed by atoms with van der Waals surface area (Å²) in [5.74, 6) is 0.405. The number of hydrogen-bond acceptors (Lipinski definition) is 4. The number of carboxylic acids is 1. The van der Waals surface area contributed by atoms with Gasteiger partial charge in [0.1, 0.15) is 11.5 Å². The normalized spacial score (nSPS) is 28.6. The lowest BCUT2D eigenvalue weighted by atomic mass is 9.61. The first-order valence-corrected chi connectivity index (χ1v) is 9.78. The van der Waals surface area contributed by atoms with Crippen molar-refractivity contribution >= 4 is 38.8 Å². The summed E-state index contributed by atoms with van der Waals surface area (Å²) in [5, 5.41) is 14.2. The van der Waals surface area contributed by atoms with E-state index in [4.69, 9.17) is 0 Å². The molecular formula is C18H23BrN4O2. The first-order valence-electron chi connectivity index (χ1n) is 8.99. The zero-order valence-corrected chi connectivity index (χ0v) is 16.0. The highest BCUT2D eigenvalue weighted by Gasteiger charge is 2.47. The molecule has 7 heteroatoms. The first kappa shape index (κ1) is 16.8. The van der Waals surface area contributed by atoms with E-state index in [0.717, 1.165) is 42.5 Å². The van der Waals surface area contributed by atoms with Crippen molar-refractivity contribution < 1.29 is 9.90 Å². The Hall–Kier alpha value is -1.63. The van der Waals surface area contributed by atoms with Crippen molar-refractivity contribution in [1.82, 2.24) is 14.5 Å². The zero-order valence-electron chi connectivity index (χ0n) is 14.4. The first-order chi connectivity index (χ1) is 12.0. The summed E-state index contributed by atoms with van der Waals surface area (Å²) in [6.07, 6.45) is 6.30. The highest BCUT2D eigenvalue weighted by Crippen LogP contribution is 2.46. The Balaban J connectivity index is 1.74. The van der Waals surface area contributed by atoms with E-state index in [9.17, 15) is 9.90 Å². The third-order valence-corrected chi connectivity index (χ3v) is 6.26. The lowest BCUT2D eigenvalue weighted by Crippen LogP contribution is -2.51. The number of aliphatic carboxylic acids is 1. The standard InChI is InChI=1S/C18H23BrN4O2/c1-9(2)23-8-7-12-15(21-18(19)22-16(12)23)20-14-11-5-3-10(4-6-11)13(14)17(24)25/h7-11,13-14H,3-6H2,1-2H3,(H,24,25)(H,20,21,22). The smallest absolute Gasteiger partial charge is 0.308 e. The van der Waals surface area contributed by atoms with Crippen LogP contribution in [0, 0.1) is 17.8 Å². The lowest BCUT2D eigenvalue weighted by molar-refractivity contribution is -0.148. The Kier molecular flexibility index (Phi) is 4.22. The quantitative estimate of drug-likeness (QED) is 0.747. The highest BCUT2D eigenvalue weighted by molar-refractivity contribution is 9.10. The maximum absolute atomic E-state index is 11.9. The average molecular weight is 407 g/mol. The molecule has 2 heterocycles. The van der Waals surface area contributed by atoms with Crippen LogP contribution in [-0.4, -0.2) is 31.7 Å². The molecule has 0 spiro atoms. The molecular weight excluding hydrogens is 384 g/mol. The molecule has 2 bridgehead atoms. The number of halogens is 1. The van der Waals surface area contributed by atoms with Crippen LogP contribution in [0.5, 0.6) is 0 Å². The van der Waals surface area contributed by atoms with E-state index >= 15 is 0 Å². The molecule has 6 nitrogen and oxygen atoms in total. The molecule has 0 amide bonds. The summed E-state index contributed by atoms with van der Waals surface area (Å²) in [6, 6.07) is 2.25. The number of aromatic nitrogens is 3. The van der Waals surface area contributed by atoms with Crippen molar-refractivity contribution in [2.45, 2.75) is 51.6 Å². The van der Waals surface area contributed by atoms with E-state index in [1.54, 1.807) is 0 Å². The van der Waals surface area contributed by atoms with E-state index < -0.39 is 5.97 Å². The number of rotatable bonds is 4. The fourth-order valence-corrected chi connectivity index (χ4v) is 5.05. The molecule has 134 valence electrons. The number of nitrogens with one attached hydrogen (secondary N) is 1. The number of carbonyl (C=O) groups is 1. The van der Waals surface area contributed by atoms with Crippen molar-refractivity contribution in [3.63, 3.8) is 0 Å². The van der Waals surface area contributed by atoms with Gasteiger partial charge in [-0.25, -0.2) is 9.97 Å². The number of fused-ring (bicyclic) bond motifs is 4. The lowest BCUT2D eigenvalue weighted by Gasteiger charge is -2.47. The van der Waals surface area contributed by atoms with Crippen molar-refractivity contribution in [1.29, 1.82) is 0 Å². The van der Waals surface area contributed by atoms with Gasteiger partial charge in [-0.15, -0.1) is 0 Å². The van der Waals surface area contributed by atoms with Gasteiger partial charge in [-0.3, -0.25) is 4.79 Å². The predicted octanol–water partition coefficient (Wildman–Crippen LogP) is 4.08. The highest BCUT2D eigenvalue weighted by atomic mass is 79.9. The van der Waals surface area contributed by atoms with Crippen LogP contribution in [0.4, 0.5) is 5.82 Å². The molecule has 25 heavy (non-hydrogen) atoms. The number of carboxylic acid groups (broad SMARTS) is 1. The van der Waals surface area contributed by atoms with Gasteiger partial charge in [0.2, 0.25) is 4.73 Å². The SMILES string of the molecule is CC(C)n1ccc2c(NC3C4CCC(CC4)C3C(=O)O)nc(Br)nc21. The van der Waals surface area contributed by atoms with Gasteiger partial charge in [-0.2, -0.15) is 0 Å². The molecule has 0 aromatic carbocycles. The van der Waals surface area contributed by atoms with Gasteiger partial charge >= 0.3 is 5.97 Å². The molecule has 2 unspecified atom stereocenters. The van der Waals surface area contributed by atoms with Gasteiger partial charge in [0, 0.05) is 18.3 Å². The molecule has 0 saturated heterocycles. The van der Waals surface area contributed by atoms with E-state index in [0.29, 0.717) is 16.7 Å². The minimum absolute atomic E-state index is 0.0580. The molecule has 3 aliphatic rings. The monoisotopic (exact) mass is 406 g/mol. The Morgan fingerprint density at radius 2 is 1.96 bits per heavy atom. The molecule has 3 aliphatic carbocycles. The Labute approximate surface area is 155 Å². The average Bonchev–Trinajstić information content (AvgIpc) is 2.99. The second-order valence-corrected chi connectivity index (χ2v) is 8.31. The van der Waals surface area contributed by atoms with Crippen LogP contribution in [-0.2, 0) is 4.79 Å². The van der Waals surface area contributed by atoms with E-state index in [1.807, 2.05) is 12.3 Å². The molecule has 2 N–H and O–H groups in total. The summed E-state index contributed by atoms with van der Waals surface area (Å²) in [4.78, 5) is 20.9. The maximum Gasteiger partial charge on any atom is 0.308 e. The largest absolute Gasteiger partial charge is 0.481 e. The zero-order chi connectivity index (χ0) is 17.7. The van der Waals surface area contributed by atoms with Crippen LogP contribution in [0.3, 0.4) is 0 Å². The predicted molar refractivity (Wildman–Crippen MR) is 99.6 cm³/mol. The minimum atomic E-state index is -0.684. The second-order valence-electron chi connectivity index (χ2n) is 7.60. The summed E-state index contributed by atoms with van der Waals surface area (Å²) in [7, 11) is 0. The van der Waals surface area contributed by atoms with Crippen molar-refractivity contribution in [3.05, 3.63) is 17.0 Å². The topological polar surface area (TPSA) is 80.0 Å². The van der Waals surface area contributed by atoms with Gasteiger partial charge in [-0.05, 0) is 73.4 Å². The van der Waals surface area contributed by atoms with Gasteiger partial charge < -0.3 is 15.0 Å². The summed E-state index contributed by atoms with van der Waals surface area (Å²) in [6.45, 7) is 4.23. The molecule has 3 saturated carbocycles. The van der Waals surface area contributed by atoms with Crippen LogP contribution in [0.1, 0.15) is 45.6 Å². The third kappa shape index (κ3) is 2.82. The Morgan fingerprint density at radius 3 is 2.60 bits per heavy atom. The van der Waals surface area contributed by atoms with Crippen molar-refractivity contribution in [2.24, 2.45) is 17.8 Å². The van der Waals surface area contributed by atoms with Gasteiger partial charge in [0.15, 0.2) is 0 Å². The number of anilines is 1. The van der Waals surface area contributed by atoms with Gasteiger partial charge in [0.05, 0.1) is 11.3 Å². The molecule has 2 atom stereocenters. The van der Waals surface area contributed by atoms with E-state index in [2.05, 4.69) is 49.6 Å². The van der Waals surface area contributed by atoms with Crippen LogP contribution < -0.4 is 5.32 Å². The summed E-state index contributed by atoms with van der Waals surface area (Å²) >= 11 is 3.41. The summed E-state index contributed by atoms with van der Waals surface area (Å²) in [5.41, 5.74) is 0.868. The van der Waals surface area contributed by atoms with Crippen LogP contribution in [0.15, 0.2) is 17.0 Å². The maximum atomic E-state index is 11.9. The fraction of sp³-hybridized carbons (Fsp3) is 0.611. The van der Waals surface area contributed by atoms with Crippen LogP contribution in [0.25, 0.3) is 11.0 Å². The molecule has 2 aromatic rings. The van der Waals surface area contributed by atoms with Gasteiger partial charge in [0.25, 0.3) is 0 Å². The molecule has 0 radical (unpaired) electrons. The molecule has 2 aromatic heterocycles. The van der Waals surface area contributed by atoms with Crippen LogP contribution in [0.2, 0.25) is 0 Å². The Morgan fingerprint density at radius 1 is 1.28 bits per heavy atom. The summed E-state index contributed by atoms with van der Waals surface area (Å²) < 4.78 is 2.63. The second kappa shape index (κ2) is 6.27. The number of hydrogen-bond donors (Lipinski definition) is 2. The molecule has 3 fully saturated rings. The van der Waals surface area contributed by atoms with Crippen LogP contribution >= 0.6 is 15.9 Å².